The SMILES string of the molecule is CCCOc1ccc(-c2c(N)nn3ccnc3c2N)cc1. The molecule has 0 aliphatic carbocycles. The Labute approximate surface area is 122 Å². The molecule has 4 N–H and O–H groups in total. The van der Waals surface area contributed by atoms with Crippen LogP contribution in [0.15, 0.2) is 36.7 Å². The van der Waals surface area contributed by atoms with Gasteiger partial charge in [0.1, 0.15) is 5.75 Å². The van der Waals surface area contributed by atoms with Gasteiger partial charge in [-0.3, -0.25) is 0 Å². The van der Waals surface area contributed by atoms with E-state index >= 15 is 0 Å². The van der Waals surface area contributed by atoms with Gasteiger partial charge in [-0.15, -0.1) is 5.10 Å². The van der Waals surface area contributed by atoms with Crippen LogP contribution in [0.1, 0.15) is 13.3 Å². The Hall–Kier alpha value is -2.76. The molecule has 0 atom stereocenters. The summed E-state index contributed by atoms with van der Waals surface area (Å²) < 4.78 is 7.15. The van der Waals surface area contributed by atoms with Crippen molar-refractivity contribution in [3.63, 3.8) is 0 Å². The van der Waals surface area contributed by atoms with Crippen molar-refractivity contribution in [1.82, 2.24) is 14.6 Å². The average molecular weight is 283 g/mol. The molecule has 6 nitrogen and oxygen atoms in total. The summed E-state index contributed by atoms with van der Waals surface area (Å²) in [4.78, 5) is 4.20. The molecule has 2 heterocycles. The number of hydrogen-bond donors (Lipinski definition) is 2. The molecular weight excluding hydrogens is 266 g/mol. The first kappa shape index (κ1) is 13.2. The van der Waals surface area contributed by atoms with Crippen molar-refractivity contribution in [2.24, 2.45) is 0 Å². The molecule has 108 valence electrons. The summed E-state index contributed by atoms with van der Waals surface area (Å²) in [6.07, 6.45) is 4.33. The highest BCUT2D eigenvalue weighted by atomic mass is 16.5. The number of nitrogen functional groups attached to an aromatic ring is 2. The van der Waals surface area contributed by atoms with Crippen LogP contribution in [-0.4, -0.2) is 21.2 Å². The second kappa shape index (κ2) is 5.32. The molecule has 0 aliphatic rings. The lowest BCUT2D eigenvalue weighted by Gasteiger charge is -2.11. The summed E-state index contributed by atoms with van der Waals surface area (Å²) in [6, 6.07) is 7.65. The van der Waals surface area contributed by atoms with Crippen molar-refractivity contribution in [3.8, 4) is 16.9 Å². The van der Waals surface area contributed by atoms with Crippen LogP contribution in [0.2, 0.25) is 0 Å². The molecule has 1 aromatic carbocycles. The molecule has 0 bridgehead atoms. The first-order valence-corrected chi connectivity index (χ1v) is 6.82. The predicted octanol–water partition coefficient (Wildman–Crippen LogP) is 2.35. The number of nitrogens with two attached hydrogens (primary N) is 2. The zero-order chi connectivity index (χ0) is 14.8. The van der Waals surface area contributed by atoms with Gasteiger partial charge in [0.05, 0.1) is 17.9 Å². The molecule has 0 fully saturated rings. The third-order valence-electron chi connectivity index (χ3n) is 3.22. The molecular formula is C15H17N5O. The van der Waals surface area contributed by atoms with Crippen LogP contribution < -0.4 is 16.2 Å². The fourth-order valence-electron chi connectivity index (χ4n) is 2.23. The highest BCUT2D eigenvalue weighted by Crippen LogP contribution is 2.33. The van der Waals surface area contributed by atoms with Crippen molar-refractivity contribution in [2.45, 2.75) is 13.3 Å². The maximum atomic E-state index is 6.18. The third-order valence-corrected chi connectivity index (χ3v) is 3.22. The highest BCUT2D eigenvalue weighted by Gasteiger charge is 2.14. The van der Waals surface area contributed by atoms with Gasteiger partial charge in [0.25, 0.3) is 0 Å². The smallest absolute Gasteiger partial charge is 0.177 e. The summed E-state index contributed by atoms with van der Waals surface area (Å²) >= 11 is 0. The number of fused-ring (bicyclic) bond motifs is 1. The van der Waals surface area contributed by atoms with Crippen molar-refractivity contribution >= 4 is 17.2 Å². The number of benzene rings is 1. The summed E-state index contributed by atoms with van der Waals surface area (Å²) in [5.74, 6) is 1.20. The van der Waals surface area contributed by atoms with E-state index in [0.29, 0.717) is 29.3 Å². The molecule has 0 aliphatic heterocycles. The topological polar surface area (TPSA) is 91.5 Å². The second-order valence-electron chi connectivity index (χ2n) is 4.74. The molecule has 3 aromatic rings. The second-order valence-corrected chi connectivity index (χ2v) is 4.74. The van der Waals surface area contributed by atoms with Gasteiger partial charge in [-0.05, 0) is 24.1 Å². The molecule has 2 aromatic heterocycles. The number of rotatable bonds is 4. The Morgan fingerprint density at radius 3 is 2.67 bits per heavy atom. The van der Waals surface area contributed by atoms with Gasteiger partial charge < -0.3 is 16.2 Å². The minimum atomic E-state index is 0.375. The Bertz CT molecular complexity index is 764. The molecule has 21 heavy (non-hydrogen) atoms. The first-order chi connectivity index (χ1) is 10.2. The van der Waals surface area contributed by atoms with Crippen molar-refractivity contribution in [1.29, 1.82) is 0 Å². The first-order valence-electron chi connectivity index (χ1n) is 6.82. The number of anilines is 2. The minimum absolute atomic E-state index is 0.375. The van der Waals surface area contributed by atoms with Crippen LogP contribution >= 0.6 is 0 Å². The summed E-state index contributed by atoms with van der Waals surface area (Å²) in [5, 5.41) is 4.27. The predicted molar refractivity (Wildman–Crippen MR) is 83.0 cm³/mol. The van der Waals surface area contributed by atoms with E-state index in [-0.39, 0.29) is 0 Å². The van der Waals surface area contributed by atoms with E-state index in [1.807, 2.05) is 24.3 Å². The molecule has 3 rings (SSSR count). The maximum absolute atomic E-state index is 6.18. The van der Waals surface area contributed by atoms with Crippen molar-refractivity contribution in [2.75, 3.05) is 18.1 Å². The number of hydrogen-bond acceptors (Lipinski definition) is 5. The van der Waals surface area contributed by atoms with E-state index < -0.39 is 0 Å². The van der Waals surface area contributed by atoms with E-state index in [2.05, 4.69) is 17.0 Å². The van der Waals surface area contributed by atoms with Crippen molar-refractivity contribution in [3.05, 3.63) is 36.7 Å². The lowest BCUT2D eigenvalue weighted by atomic mass is 10.1. The number of nitrogens with zero attached hydrogens (tertiary/aromatic N) is 3. The Morgan fingerprint density at radius 2 is 1.95 bits per heavy atom. The van der Waals surface area contributed by atoms with Crippen molar-refractivity contribution < 1.29 is 4.74 Å². The molecule has 0 unspecified atom stereocenters. The quantitative estimate of drug-likeness (QED) is 0.767. The summed E-state index contributed by atoms with van der Waals surface area (Å²) in [6.45, 7) is 2.77. The normalized spacial score (nSPS) is 10.9. The highest BCUT2D eigenvalue weighted by molar-refractivity contribution is 5.91. The van der Waals surface area contributed by atoms with E-state index in [4.69, 9.17) is 16.2 Å². The fourth-order valence-corrected chi connectivity index (χ4v) is 2.23. The molecule has 0 saturated carbocycles. The monoisotopic (exact) mass is 283 g/mol. The van der Waals surface area contributed by atoms with Gasteiger partial charge in [-0.2, -0.15) is 0 Å². The zero-order valence-electron chi connectivity index (χ0n) is 11.8. The molecule has 0 spiro atoms. The Balaban J connectivity index is 2.03. The summed E-state index contributed by atoms with van der Waals surface area (Å²) in [7, 11) is 0. The number of aromatic nitrogens is 3. The lowest BCUT2D eigenvalue weighted by molar-refractivity contribution is 0.317. The minimum Gasteiger partial charge on any atom is -0.494 e. The van der Waals surface area contributed by atoms with Gasteiger partial charge in [0, 0.05) is 12.4 Å². The van der Waals surface area contributed by atoms with E-state index in [0.717, 1.165) is 17.7 Å². The fraction of sp³-hybridized carbons (Fsp3) is 0.200. The average Bonchev–Trinajstić information content (AvgIpc) is 2.95. The van der Waals surface area contributed by atoms with Crippen LogP contribution in [0.5, 0.6) is 5.75 Å². The molecule has 0 radical (unpaired) electrons. The maximum Gasteiger partial charge on any atom is 0.177 e. The van der Waals surface area contributed by atoms with Gasteiger partial charge in [0.15, 0.2) is 11.5 Å². The lowest BCUT2D eigenvalue weighted by Crippen LogP contribution is -2.05. The largest absolute Gasteiger partial charge is 0.494 e. The zero-order valence-corrected chi connectivity index (χ0v) is 11.8. The van der Waals surface area contributed by atoms with Gasteiger partial charge >= 0.3 is 0 Å². The molecule has 6 heteroatoms. The van der Waals surface area contributed by atoms with Crippen LogP contribution in [0.25, 0.3) is 16.8 Å². The molecule has 0 amide bonds. The van der Waals surface area contributed by atoms with E-state index in [9.17, 15) is 0 Å². The standard InChI is InChI=1S/C15H17N5O/c1-2-9-21-11-5-3-10(4-6-11)12-13(16)15-18-7-8-20(15)19-14(12)17/h3-8H,2,9,16H2,1H3,(H2,17,19). The number of ether oxygens (including phenoxy) is 1. The Kier molecular flexibility index (Phi) is 3.35. The van der Waals surface area contributed by atoms with Gasteiger partial charge in [-0.1, -0.05) is 19.1 Å². The van der Waals surface area contributed by atoms with Crippen LogP contribution in [-0.2, 0) is 0 Å². The third kappa shape index (κ3) is 2.35. The van der Waals surface area contributed by atoms with Crippen LogP contribution in [0.4, 0.5) is 11.5 Å². The summed E-state index contributed by atoms with van der Waals surface area (Å²) in [5.41, 5.74) is 14.9. The Morgan fingerprint density at radius 1 is 1.19 bits per heavy atom. The van der Waals surface area contributed by atoms with Gasteiger partial charge in [-0.25, -0.2) is 9.50 Å². The number of imidazole rings is 1. The van der Waals surface area contributed by atoms with Crippen LogP contribution in [0, 0.1) is 0 Å². The van der Waals surface area contributed by atoms with Gasteiger partial charge in [0.2, 0.25) is 0 Å². The van der Waals surface area contributed by atoms with E-state index in [1.165, 1.54) is 0 Å². The van der Waals surface area contributed by atoms with Crippen LogP contribution in [0.3, 0.4) is 0 Å². The van der Waals surface area contributed by atoms with E-state index in [1.54, 1.807) is 16.9 Å². The molecule has 0 saturated heterocycles.